The summed E-state index contributed by atoms with van der Waals surface area (Å²) in [6.45, 7) is -0.260. The first-order chi connectivity index (χ1) is 8.11. The van der Waals surface area contributed by atoms with Crippen molar-refractivity contribution in [3.05, 3.63) is 44.7 Å². The summed E-state index contributed by atoms with van der Waals surface area (Å²) in [6, 6.07) is 4.61. The first-order valence-corrected chi connectivity index (χ1v) is 5.37. The molecule has 0 radical (unpaired) electrons. The Balaban J connectivity index is 2.54. The van der Waals surface area contributed by atoms with Gasteiger partial charge in [-0.05, 0) is 12.1 Å². The fraction of sp³-hybridized carbons (Fsp3) is 0.111. The van der Waals surface area contributed by atoms with E-state index in [9.17, 15) is 10.1 Å². The highest BCUT2D eigenvalue weighted by Crippen LogP contribution is 2.26. The smallest absolute Gasteiger partial charge is 0.296 e. The van der Waals surface area contributed by atoms with E-state index in [1.165, 1.54) is 16.9 Å². The lowest BCUT2D eigenvalue weighted by atomic mass is 10.3. The number of aliphatic hydroxyl groups is 1. The first-order valence-electron chi connectivity index (χ1n) is 4.58. The third-order valence-electron chi connectivity index (χ3n) is 2.08. The predicted molar refractivity (Wildman–Crippen MR) is 61.6 cm³/mol. The van der Waals surface area contributed by atoms with Gasteiger partial charge >= 0.3 is 0 Å². The van der Waals surface area contributed by atoms with Crippen molar-refractivity contribution in [3.8, 4) is 5.69 Å². The lowest BCUT2D eigenvalue weighted by Gasteiger charge is -2.01. The molecule has 8 heteroatoms. The highest BCUT2D eigenvalue weighted by Gasteiger charge is 2.17. The molecule has 1 N–H and O–H groups in total. The van der Waals surface area contributed by atoms with Gasteiger partial charge in [-0.15, -0.1) is 5.10 Å². The number of aliphatic hydroxyl groups excluding tert-OH is 1. The molecule has 0 amide bonds. The van der Waals surface area contributed by atoms with Crippen molar-refractivity contribution in [2.45, 2.75) is 6.61 Å². The van der Waals surface area contributed by atoms with Crippen LogP contribution in [-0.4, -0.2) is 25.0 Å². The minimum Gasteiger partial charge on any atom is -0.390 e. The molecule has 0 aliphatic heterocycles. The number of nitro benzene ring substituents is 1. The maximum absolute atomic E-state index is 10.9. The van der Waals surface area contributed by atoms with E-state index in [0.717, 1.165) is 0 Å². The number of rotatable bonds is 3. The van der Waals surface area contributed by atoms with E-state index in [2.05, 4.69) is 26.2 Å². The summed E-state index contributed by atoms with van der Waals surface area (Å²) in [5.74, 6) is 0. The molecule has 1 aromatic heterocycles. The molecule has 7 nitrogen and oxygen atoms in total. The Bertz CT molecular complexity index is 569. The average molecular weight is 299 g/mol. The molecule has 1 aromatic carbocycles. The third kappa shape index (κ3) is 2.32. The Hall–Kier alpha value is -1.80. The Morgan fingerprint density at radius 3 is 2.88 bits per heavy atom. The summed E-state index contributed by atoms with van der Waals surface area (Å²) in [4.78, 5) is 10.4. The van der Waals surface area contributed by atoms with Gasteiger partial charge in [0.25, 0.3) is 5.69 Å². The molecule has 0 saturated carbocycles. The molecule has 0 fully saturated rings. The van der Waals surface area contributed by atoms with Gasteiger partial charge in [-0.3, -0.25) is 10.1 Å². The standard InChI is InChI=1S/C9H7BrN4O3/c10-6-1-2-8(9(3-6)14(16)17)13-4-7(5-15)11-12-13/h1-4,15H,5H2. The van der Waals surface area contributed by atoms with Crippen LogP contribution < -0.4 is 0 Å². The minimum atomic E-state index is -0.500. The van der Waals surface area contributed by atoms with Crippen LogP contribution in [0.5, 0.6) is 0 Å². The molecule has 0 aliphatic rings. The molecule has 88 valence electrons. The van der Waals surface area contributed by atoms with Crippen molar-refractivity contribution in [3.63, 3.8) is 0 Å². The van der Waals surface area contributed by atoms with Gasteiger partial charge in [0.05, 0.1) is 17.7 Å². The highest BCUT2D eigenvalue weighted by atomic mass is 79.9. The summed E-state index contributed by atoms with van der Waals surface area (Å²) >= 11 is 3.17. The lowest BCUT2D eigenvalue weighted by Crippen LogP contribution is -2.00. The Kier molecular flexibility index (Phi) is 3.16. The minimum absolute atomic E-state index is 0.0891. The second-order valence-electron chi connectivity index (χ2n) is 3.20. The lowest BCUT2D eigenvalue weighted by molar-refractivity contribution is -0.384. The van der Waals surface area contributed by atoms with Crippen LogP contribution in [0.4, 0.5) is 5.69 Å². The molecular weight excluding hydrogens is 292 g/mol. The van der Waals surface area contributed by atoms with E-state index in [0.29, 0.717) is 15.9 Å². The molecule has 0 unspecified atom stereocenters. The quantitative estimate of drug-likeness (QED) is 0.683. The van der Waals surface area contributed by atoms with Gasteiger partial charge in [-0.1, -0.05) is 21.1 Å². The predicted octanol–water partition coefficient (Wildman–Crippen LogP) is 1.43. The zero-order chi connectivity index (χ0) is 12.4. The van der Waals surface area contributed by atoms with E-state index in [-0.39, 0.29) is 12.3 Å². The van der Waals surface area contributed by atoms with Crippen LogP contribution in [-0.2, 0) is 6.61 Å². The SMILES string of the molecule is O=[N+]([O-])c1cc(Br)ccc1-n1cc(CO)nn1. The molecule has 2 aromatic rings. The molecule has 0 saturated heterocycles. The van der Waals surface area contributed by atoms with Crippen LogP contribution in [0.15, 0.2) is 28.9 Å². The van der Waals surface area contributed by atoms with Gasteiger partial charge < -0.3 is 5.11 Å². The van der Waals surface area contributed by atoms with Gasteiger partial charge in [-0.2, -0.15) is 0 Å². The van der Waals surface area contributed by atoms with E-state index >= 15 is 0 Å². The van der Waals surface area contributed by atoms with Crippen molar-refractivity contribution in [1.82, 2.24) is 15.0 Å². The van der Waals surface area contributed by atoms with Crippen LogP contribution in [0.1, 0.15) is 5.69 Å². The van der Waals surface area contributed by atoms with Gasteiger partial charge in [-0.25, -0.2) is 4.68 Å². The van der Waals surface area contributed by atoms with Crippen molar-refractivity contribution < 1.29 is 10.0 Å². The van der Waals surface area contributed by atoms with Crippen molar-refractivity contribution in [1.29, 1.82) is 0 Å². The summed E-state index contributed by atoms with van der Waals surface area (Å²) in [6.07, 6.45) is 1.44. The molecular formula is C9H7BrN4O3. The monoisotopic (exact) mass is 298 g/mol. The van der Waals surface area contributed by atoms with E-state index in [1.54, 1.807) is 12.1 Å². The van der Waals surface area contributed by atoms with Crippen LogP contribution in [0.3, 0.4) is 0 Å². The van der Waals surface area contributed by atoms with E-state index in [4.69, 9.17) is 5.11 Å². The number of halogens is 1. The fourth-order valence-corrected chi connectivity index (χ4v) is 1.67. The molecule has 17 heavy (non-hydrogen) atoms. The van der Waals surface area contributed by atoms with Gasteiger partial charge in [0.1, 0.15) is 11.4 Å². The largest absolute Gasteiger partial charge is 0.390 e. The van der Waals surface area contributed by atoms with E-state index < -0.39 is 4.92 Å². The molecule has 1 heterocycles. The van der Waals surface area contributed by atoms with Gasteiger partial charge in [0.15, 0.2) is 0 Å². The summed E-state index contributed by atoms with van der Waals surface area (Å²) < 4.78 is 1.87. The Morgan fingerprint density at radius 2 is 2.29 bits per heavy atom. The maximum atomic E-state index is 10.9. The highest BCUT2D eigenvalue weighted by molar-refractivity contribution is 9.10. The van der Waals surface area contributed by atoms with Crippen LogP contribution in [0, 0.1) is 10.1 Å². The molecule has 0 atom stereocenters. The number of nitrogens with zero attached hydrogens (tertiary/aromatic N) is 4. The number of nitro groups is 1. The Morgan fingerprint density at radius 1 is 1.53 bits per heavy atom. The number of hydrogen-bond donors (Lipinski definition) is 1. The second kappa shape index (κ2) is 4.60. The fourth-order valence-electron chi connectivity index (χ4n) is 1.33. The van der Waals surface area contributed by atoms with Crippen LogP contribution in [0.25, 0.3) is 5.69 Å². The second-order valence-corrected chi connectivity index (χ2v) is 4.12. The van der Waals surface area contributed by atoms with Crippen LogP contribution >= 0.6 is 15.9 Å². The Labute approximate surface area is 104 Å². The number of hydrogen-bond acceptors (Lipinski definition) is 5. The molecule has 0 bridgehead atoms. The summed E-state index contributed by atoms with van der Waals surface area (Å²) in [7, 11) is 0. The number of aromatic nitrogens is 3. The molecule has 0 spiro atoms. The van der Waals surface area contributed by atoms with E-state index in [1.807, 2.05) is 0 Å². The van der Waals surface area contributed by atoms with Crippen LogP contribution in [0.2, 0.25) is 0 Å². The van der Waals surface area contributed by atoms with Gasteiger partial charge in [0.2, 0.25) is 0 Å². The zero-order valence-corrected chi connectivity index (χ0v) is 10.0. The molecule has 2 rings (SSSR count). The zero-order valence-electron chi connectivity index (χ0n) is 8.45. The first kappa shape index (κ1) is 11.7. The van der Waals surface area contributed by atoms with Gasteiger partial charge in [0, 0.05) is 10.5 Å². The van der Waals surface area contributed by atoms with Crippen molar-refractivity contribution in [2.24, 2.45) is 0 Å². The summed E-state index contributed by atoms with van der Waals surface area (Å²) in [5.41, 5.74) is 0.557. The number of benzene rings is 1. The third-order valence-corrected chi connectivity index (χ3v) is 2.58. The maximum Gasteiger partial charge on any atom is 0.296 e. The average Bonchev–Trinajstić information content (AvgIpc) is 2.77. The van der Waals surface area contributed by atoms with Crippen molar-refractivity contribution in [2.75, 3.05) is 0 Å². The van der Waals surface area contributed by atoms with Crippen molar-refractivity contribution >= 4 is 21.6 Å². The normalized spacial score (nSPS) is 10.5. The topological polar surface area (TPSA) is 94.1 Å². The molecule has 0 aliphatic carbocycles. The summed E-state index contributed by atoms with van der Waals surface area (Å²) in [5, 5.41) is 27.1.